The lowest BCUT2D eigenvalue weighted by Crippen LogP contribution is -2.47. The highest BCUT2D eigenvalue weighted by atomic mass is 16.2. The lowest BCUT2D eigenvalue weighted by atomic mass is 9.97. The topological polar surface area (TPSA) is 55.9 Å². The smallest absolute Gasteiger partial charge is 0.319 e. The van der Waals surface area contributed by atoms with Crippen LogP contribution in [0.25, 0.3) is 0 Å². The third-order valence-corrected chi connectivity index (χ3v) is 5.14. The zero-order valence-electron chi connectivity index (χ0n) is 15.4. The summed E-state index contributed by atoms with van der Waals surface area (Å²) in [6.45, 7) is 2.30. The number of hydrogen-bond donors (Lipinski definition) is 1. The summed E-state index contributed by atoms with van der Waals surface area (Å²) < 4.78 is 0. The van der Waals surface area contributed by atoms with Gasteiger partial charge in [0.1, 0.15) is 0 Å². The highest BCUT2D eigenvalue weighted by Gasteiger charge is 2.29. The van der Waals surface area contributed by atoms with E-state index in [1.807, 2.05) is 6.07 Å². The summed E-state index contributed by atoms with van der Waals surface area (Å²) in [5.74, 6) is -0.128. The molecule has 1 unspecified atom stereocenters. The van der Waals surface area contributed by atoms with Crippen LogP contribution in [-0.4, -0.2) is 62.5 Å². The van der Waals surface area contributed by atoms with E-state index in [4.69, 9.17) is 0 Å². The molecule has 3 amide bonds. The molecule has 1 fully saturated rings. The van der Waals surface area contributed by atoms with Crippen LogP contribution in [0.2, 0.25) is 0 Å². The summed E-state index contributed by atoms with van der Waals surface area (Å²) in [7, 11) is 5.60. The van der Waals surface area contributed by atoms with Crippen molar-refractivity contribution >= 4 is 23.3 Å². The SMILES string of the molecule is CN(C)C(=O)N1CCCC(C(=O)Nc2ccc3c(c2)CCCN3C)C1. The molecule has 0 aromatic heterocycles. The summed E-state index contributed by atoms with van der Waals surface area (Å²) in [5.41, 5.74) is 3.40. The zero-order valence-corrected chi connectivity index (χ0v) is 15.4. The third-order valence-electron chi connectivity index (χ3n) is 5.14. The number of likely N-dealkylation sites (tertiary alicyclic amines) is 1. The molecule has 1 saturated heterocycles. The maximum absolute atomic E-state index is 12.7. The first-order valence-corrected chi connectivity index (χ1v) is 9.07. The minimum absolute atomic E-state index is 0.0142. The number of nitrogens with zero attached hydrogens (tertiary/aromatic N) is 3. The molecule has 0 spiro atoms. The Morgan fingerprint density at radius 2 is 2.00 bits per heavy atom. The van der Waals surface area contributed by atoms with Crippen LogP contribution in [0, 0.1) is 5.92 Å². The number of fused-ring (bicyclic) bond motifs is 1. The van der Waals surface area contributed by atoms with Crippen LogP contribution < -0.4 is 10.2 Å². The van der Waals surface area contributed by atoms with Gasteiger partial charge in [0.25, 0.3) is 0 Å². The van der Waals surface area contributed by atoms with Gasteiger partial charge in [0.15, 0.2) is 0 Å². The van der Waals surface area contributed by atoms with Crippen LogP contribution in [0.1, 0.15) is 24.8 Å². The molecule has 1 atom stereocenters. The highest BCUT2D eigenvalue weighted by Crippen LogP contribution is 2.29. The van der Waals surface area contributed by atoms with Crippen molar-refractivity contribution in [2.75, 3.05) is 51.0 Å². The predicted octanol–water partition coefficient (Wildman–Crippen LogP) is 2.40. The van der Waals surface area contributed by atoms with Crippen LogP contribution in [0.5, 0.6) is 0 Å². The van der Waals surface area contributed by atoms with Crippen LogP contribution in [0.15, 0.2) is 18.2 Å². The Bertz CT molecular complexity index is 659. The molecule has 0 bridgehead atoms. The molecule has 3 rings (SSSR count). The van der Waals surface area contributed by atoms with Crippen molar-refractivity contribution in [2.24, 2.45) is 5.92 Å². The largest absolute Gasteiger partial charge is 0.374 e. The van der Waals surface area contributed by atoms with Crippen LogP contribution >= 0.6 is 0 Å². The van der Waals surface area contributed by atoms with Gasteiger partial charge in [-0.05, 0) is 49.4 Å². The fraction of sp³-hybridized carbons (Fsp3) is 0.579. The Kier molecular flexibility index (Phi) is 5.16. The van der Waals surface area contributed by atoms with E-state index >= 15 is 0 Å². The van der Waals surface area contributed by atoms with Crippen LogP contribution in [0.3, 0.4) is 0 Å². The molecule has 0 saturated carbocycles. The first-order valence-electron chi connectivity index (χ1n) is 9.07. The Balaban J connectivity index is 1.65. The van der Waals surface area contributed by atoms with Gasteiger partial charge < -0.3 is 20.0 Å². The molecular formula is C19H28N4O2. The molecule has 6 heteroatoms. The molecule has 0 radical (unpaired) electrons. The summed E-state index contributed by atoms with van der Waals surface area (Å²) in [6, 6.07) is 6.14. The molecule has 136 valence electrons. The second kappa shape index (κ2) is 7.33. The first kappa shape index (κ1) is 17.6. The van der Waals surface area contributed by atoms with Gasteiger partial charge in [-0.2, -0.15) is 0 Å². The minimum atomic E-state index is -0.142. The summed E-state index contributed by atoms with van der Waals surface area (Å²) in [4.78, 5) is 30.4. The number of carbonyl (C=O) groups excluding carboxylic acids is 2. The van der Waals surface area contributed by atoms with Gasteiger partial charge in [0, 0.05) is 52.2 Å². The van der Waals surface area contributed by atoms with Crippen molar-refractivity contribution in [3.63, 3.8) is 0 Å². The monoisotopic (exact) mass is 344 g/mol. The van der Waals surface area contributed by atoms with Crippen molar-refractivity contribution in [1.82, 2.24) is 9.80 Å². The van der Waals surface area contributed by atoms with Crippen molar-refractivity contribution < 1.29 is 9.59 Å². The van der Waals surface area contributed by atoms with Gasteiger partial charge in [0.2, 0.25) is 5.91 Å². The molecule has 2 heterocycles. The van der Waals surface area contributed by atoms with Gasteiger partial charge in [0.05, 0.1) is 5.92 Å². The second-order valence-electron chi connectivity index (χ2n) is 7.32. The number of benzene rings is 1. The molecule has 1 aromatic rings. The first-order chi connectivity index (χ1) is 12.0. The van der Waals surface area contributed by atoms with Gasteiger partial charge >= 0.3 is 6.03 Å². The normalized spacial score (nSPS) is 20.0. The van der Waals surface area contributed by atoms with Crippen molar-refractivity contribution in [3.05, 3.63) is 23.8 Å². The fourth-order valence-electron chi connectivity index (χ4n) is 3.76. The summed E-state index contributed by atoms with van der Waals surface area (Å²) >= 11 is 0. The van der Waals surface area contributed by atoms with Crippen molar-refractivity contribution in [3.8, 4) is 0 Å². The number of amides is 3. The quantitative estimate of drug-likeness (QED) is 0.896. The van der Waals surface area contributed by atoms with E-state index in [1.165, 1.54) is 11.3 Å². The second-order valence-corrected chi connectivity index (χ2v) is 7.32. The summed E-state index contributed by atoms with van der Waals surface area (Å²) in [5, 5.41) is 3.06. The molecule has 2 aliphatic rings. The molecule has 2 aliphatic heterocycles. The van der Waals surface area contributed by atoms with Gasteiger partial charge in [-0.25, -0.2) is 4.79 Å². The number of piperidine rings is 1. The number of urea groups is 1. The van der Waals surface area contributed by atoms with Crippen molar-refractivity contribution in [1.29, 1.82) is 0 Å². The molecule has 1 N–H and O–H groups in total. The lowest BCUT2D eigenvalue weighted by molar-refractivity contribution is -0.121. The fourth-order valence-corrected chi connectivity index (χ4v) is 3.76. The third kappa shape index (κ3) is 3.89. The van der Waals surface area contributed by atoms with Gasteiger partial charge in [-0.1, -0.05) is 0 Å². The van der Waals surface area contributed by atoms with E-state index in [0.29, 0.717) is 6.54 Å². The number of aryl methyl sites for hydroxylation is 1. The lowest BCUT2D eigenvalue weighted by Gasteiger charge is -2.33. The molecule has 0 aliphatic carbocycles. The van der Waals surface area contributed by atoms with Gasteiger partial charge in [-0.15, -0.1) is 0 Å². The number of hydrogen-bond acceptors (Lipinski definition) is 3. The van der Waals surface area contributed by atoms with E-state index in [-0.39, 0.29) is 17.9 Å². The number of rotatable bonds is 2. The Hall–Kier alpha value is -2.24. The number of anilines is 2. The average Bonchev–Trinajstić information content (AvgIpc) is 2.61. The molecule has 6 nitrogen and oxygen atoms in total. The molecule has 1 aromatic carbocycles. The number of nitrogens with one attached hydrogen (secondary N) is 1. The Morgan fingerprint density at radius 3 is 2.76 bits per heavy atom. The molecular weight excluding hydrogens is 316 g/mol. The van der Waals surface area contributed by atoms with E-state index in [0.717, 1.165) is 44.5 Å². The summed E-state index contributed by atoms with van der Waals surface area (Å²) in [6.07, 6.45) is 3.90. The highest BCUT2D eigenvalue weighted by molar-refractivity contribution is 5.93. The van der Waals surface area contributed by atoms with Crippen LogP contribution in [-0.2, 0) is 11.2 Å². The maximum atomic E-state index is 12.7. The minimum Gasteiger partial charge on any atom is -0.374 e. The molecule has 25 heavy (non-hydrogen) atoms. The van der Waals surface area contributed by atoms with Gasteiger partial charge in [-0.3, -0.25) is 4.79 Å². The zero-order chi connectivity index (χ0) is 18.0. The van der Waals surface area contributed by atoms with E-state index in [1.54, 1.807) is 23.9 Å². The van der Waals surface area contributed by atoms with E-state index in [9.17, 15) is 9.59 Å². The van der Waals surface area contributed by atoms with E-state index < -0.39 is 0 Å². The Morgan fingerprint density at radius 1 is 1.20 bits per heavy atom. The maximum Gasteiger partial charge on any atom is 0.319 e. The van der Waals surface area contributed by atoms with Crippen LogP contribution in [0.4, 0.5) is 16.2 Å². The standard InChI is InChI=1S/C19H28N4O2/c1-21(2)19(25)23-11-5-7-15(13-23)18(24)20-16-8-9-17-14(12-16)6-4-10-22(17)3/h8-9,12,15H,4-7,10-11,13H2,1-3H3,(H,20,24). The Labute approximate surface area is 149 Å². The van der Waals surface area contributed by atoms with E-state index in [2.05, 4.69) is 29.4 Å². The predicted molar refractivity (Wildman–Crippen MR) is 100 cm³/mol. The number of carbonyl (C=O) groups is 2. The average molecular weight is 344 g/mol. The van der Waals surface area contributed by atoms with Crippen molar-refractivity contribution in [2.45, 2.75) is 25.7 Å².